The number of nitrogens with zero attached hydrogens (tertiary/aromatic N) is 2. The number of benzene rings is 1. The van der Waals surface area contributed by atoms with Gasteiger partial charge in [-0.3, -0.25) is 9.69 Å². The lowest BCUT2D eigenvalue weighted by Crippen LogP contribution is -2.49. The smallest absolute Gasteiger partial charge is 0.237 e. The van der Waals surface area contributed by atoms with Crippen LogP contribution in [-0.4, -0.2) is 34.3 Å². The molecule has 5 heteroatoms. The summed E-state index contributed by atoms with van der Waals surface area (Å²) in [5.41, 5.74) is 1.85. The van der Waals surface area contributed by atoms with Gasteiger partial charge in [-0.25, -0.2) is 4.39 Å². The van der Waals surface area contributed by atoms with Gasteiger partial charge in [0.1, 0.15) is 5.82 Å². The normalized spacial score (nSPS) is 15.0. The molecule has 1 amide bonds. The van der Waals surface area contributed by atoms with Crippen molar-refractivity contribution in [2.45, 2.75) is 45.8 Å². The number of hydrogen-bond acceptors (Lipinski definition) is 3. The molecule has 1 aromatic heterocycles. The first-order chi connectivity index (χ1) is 11.8. The highest BCUT2D eigenvalue weighted by atomic mass is 32.1. The van der Waals surface area contributed by atoms with Crippen molar-refractivity contribution in [3.05, 3.63) is 57.5 Å². The first-order valence-corrected chi connectivity index (χ1v) is 9.53. The van der Waals surface area contributed by atoms with Gasteiger partial charge in [-0.05, 0) is 61.9 Å². The monoisotopic (exact) mass is 360 g/mol. The average Bonchev–Trinajstić information content (AvgIpc) is 2.99. The quantitative estimate of drug-likeness (QED) is 0.820. The maximum Gasteiger partial charge on any atom is 0.237 e. The topological polar surface area (TPSA) is 23.6 Å². The third-order valence-electron chi connectivity index (χ3n) is 4.59. The maximum absolute atomic E-state index is 13.5. The van der Waals surface area contributed by atoms with E-state index in [1.54, 1.807) is 17.4 Å². The van der Waals surface area contributed by atoms with E-state index in [1.807, 2.05) is 31.7 Å². The van der Waals surface area contributed by atoms with Crippen LogP contribution in [0.5, 0.6) is 0 Å². The van der Waals surface area contributed by atoms with Crippen molar-refractivity contribution in [1.29, 1.82) is 0 Å². The Hall–Kier alpha value is -1.72. The molecule has 0 saturated carbocycles. The van der Waals surface area contributed by atoms with Gasteiger partial charge in [-0.1, -0.05) is 12.1 Å². The number of halogens is 1. The van der Waals surface area contributed by atoms with Crippen LogP contribution in [0.15, 0.2) is 35.7 Å². The Morgan fingerprint density at radius 2 is 2.12 bits per heavy atom. The molecular formula is C20H25FN2OS. The maximum atomic E-state index is 13.5. The summed E-state index contributed by atoms with van der Waals surface area (Å²) in [5.74, 6) is -0.171. The molecule has 0 unspecified atom stereocenters. The Balaban J connectivity index is 1.70. The number of carbonyl (C=O) groups excluding carboxylic acids is 1. The minimum absolute atomic E-state index is 0.0930. The summed E-state index contributed by atoms with van der Waals surface area (Å²) in [5, 5.41) is 2.13. The molecule has 0 spiro atoms. The van der Waals surface area contributed by atoms with Gasteiger partial charge < -0.3 is 4.90 Å². The van der Waals surface area contributed by atoms with Gasteiger partial charge in [0.15, 0.2) is 0 Å². The number of hydrogen-bond donors (Lipinski definition) is 0. The van der Waals surface area contributed by atoms with Crippen LogP contribution < -0.4 is 0 Å². The minimum Gasteiger partial charge on any atom is -0.332 e. The van der Waals surface area contributed by atoms with Crippen LogP contribution in [0, 0.1) is 5.82 Å². The molecule has 2 aromatic rings. The van der Waals surface area contributed by atoms with Gasteiger partial charge in [0.05, 0.1) is 6.54 Å². The minimum atomic E-state index is -0.313. The highest BCUT2D eigenvalue weighted by Gasteiger charge is 2.29. The first-order valence-electron chi connectivity index (χ1n) is 8.65. The Morgan fingerprint density at radius 3 is 2.84 bits per heavy atom. The van der Waals surface area contributed by atoms with Crippen LogP contribution in [0.3, 0.4) is 0 Å². The van der Waals surface area contributed by atoms with E-state index in [-0.39, 0.29) is 17.3 Å². The molecule has 0 atom stereocenters. The molecule has 0 N–H and O–H groups in total. The fourth-order valence-electron chi connectivity index (χ4n) is 3.24. The summed E-state index contributed by atoms with van der Waals surface area (Å²) >= 11 is 1.80. The standard InChI is InChI=1S/C20H25FN2OS/c1-20(2,3)23(12-15-5-4-6-17(21)11-15)19(24)14-22-9-7-18-16(13-22)8-10-25-18/h4-6,8,10-11H,7,9,12-14H2,1-3H3. The summed E-state index contributed by atoms with van der Waals surface area (Å²) in [6.45, 7) is 8.66. The fraction of sp³-hybridized carbons (Fsp3) is 0.450. The van der Waals surface area contributed by atoms with E-state index in [0.29, 0.717) is 13.1 Å². The van der Waals surface area contributed by atoms with Crippen molar-refractivity contribution in [2.24, 2.45) is 0 Å². The molecule has 3 rings (SSSR count). The van der Waals surface area contributed by atoms with Crippen molar-refractivity contribution < 1.29 is 9.18 Å². The highest BCUT2D eigenvalue weighted by Crippen LogP contribution is 2.25. The molecule has 1 aromatic carbocycles. The number of fused-ring (bicyclic) bond motifs is 1. The molecule has 134 valence electrons. The zero-order chi connectivity index (χ0) is 18.0. The Bertz CT molecular complexity index is 750. The van der Waals surface area contributed by atoms with Gasteiger partial charge >= 0.3 is 0 Å². The number of rotatable bonds is 4. The largest absolute Gasteiger partial charge is 0.332 e. The second kappa shape index (κ2) is 7.26. The Kier molecular flexibility index (Phi) is 5.25. The lowest BCUT2D eigenvalue weighted by atomic mass is 10.0. The summed E-state index contributed by atoms with van der Waals surface area (Å²) in [6.07, 6.45) is 1.01. The summed E-state index contributed by atoms with van der Waals surface area (Å²) < 4.78 is 13.5. The zero-order valence-corrected chi connectivity index (χ0v) is 15.9. The Labute approximate surface area is 153 Å². The van der Waals surface area contributed by atoms with Crippen molar-refractivity contribution in [3.8, 4) is 0 Å². The van der Waals surface area contributed by atoms with Crippen LogP contribution >= 0.6 is 11.3 Å². The van der Waals surface area contributed by atoms with Gasteiger partial charge in [0.25, 0.3) is 0 Å². The van der Waals surface area contributed by atoms with Crippen LogP contribution in [0.25, 0.3) is 0 Å². The molecular weight excluding hydrogens is 335 g/mol. The molecule has 25 heavy (non-hydrogen) atoms. The summed E-state index contributed by atoms with van der Waals surface area (Å²) in [6, 6.07) is 8.65. The molecule has 1 aliphatic rings. The van der Waals surface area contributed by atoms with E-state index >= 15 is 0 Å². The van der Waals surface area contributed by atoms with Gasteiger partial charge in [0, 0.05) is 30.1 Å². The predicted molar refractivity (Wildman–Crippen MR) is 100 cm³/mol. The van der Waals surface area contributed by atoms with Crippen LogP contribution in [-0.2, 0) is 24.3 Å². The van der Waals surface area contributed by atoms with Gasteiger partial charge in [-0.2, -0.15) is 0 Å². The molecule has 1 aliphatic heterocycles. The lowest BCUT2D eigenvalue weighted by molar-refractivity contribution is -0.138. The lowest BCUT2D eigenvalue weighted by Gasteiger charge is -2.38. The third-order valence-corrected chi connectivity index (χ3v) is 5.61. The summed E-state index contributed by atoms with van der Waals surface area (Å²) in [4.78, 5) is 18.5. The number of amides is 1. The molecule has 0 saturated heterocycles. The van der Waals surface area contributed by atoms with E-state index in [4.69, 9.17) is 0 Å². The van der Waals surface area contributed by atoms with E-state index in [9.17, 15) is 9.18 Å². The van der Waals surface area contributed by atoms with Gasteiger partial charge in [0.2, 0.25) is 5.91 Å². The molecule has 3 nitrogen and oxygen atoms in total. The third kappa shape index (κ3) is 4.47. The van der Waals surface area contributed by atoms with Crippen molar-refractivity contribution in [3.63, 3.8) is 0 Å². The molecule has 0 aliphatic carbocycles. The SMILES string of the molecule is CC(C)(C)N(Cc1cccc(F)c1)C(=O)CN1CCc2sccc2C1. The van der Waals surface area contributed by atoms with Gasteiger partial charge in [-0.15, -0.1) is 11.3 Å². The van der Waals surface area contributed by atoms with Crippen molar-refractivity contribution in [2.75, 3.05) is 13.1 Å². The highest BCUT2D eigenvalue weighted by molar-refractivity contribution is 7.10. The van der Waals surface area contributed by atoms with E-state index in [2.05, 4.69) is 16.3 Å². The second-order valence-electron chi connectivity index (χ2n) is 7.61. The van der Waals surface area contributed by atoms with E-state index in [0.717, 1.165) is 25.1 Å². The Morgan fingerprint density at radius 1 is 1.32 bits per heavy atom. The second-order valence-corrected chi connectivity index (χ2v) is 8.61. The summed E-state index contributed by atoms with van der Waals surface area (Å²) in [7, 11) is 0. The molecule has 0 bridgehead atoms. The van der Waals surface area contributed by atoms with E-state index < -0.39 is 0 Å². The molecule has 0 fully saturated rings. The van der Waals surface area contributed by atoms with E-state index in [1.165, 1.54) is 22.6 Å². The van der Waals surface area contributed by atoms with Crippen LogP contribution in [0.2, 0.25) is 0 Å². The van der Waals surface area contributed by atoms with Crippen LogP contribution in [0.4, 0.5) is 4.39 Å². The molecule has 0 radical (unpaired) electrons. The van der Waals surface area contributed by atoms with Crippen LogP contribution in [0.1, 0.15) is 36.8 Å². The van der Waals surface area contributed by atoms with Crippen molar-refractivity contribution >= 4 is 17.2 Å². The molecule has 2 heterocycles. The number of carbonyl (C=O) groups is 1. The average molecular weight is 360 g/mol. The number of thiophene rings is 1. The van der Waals surface area contributed by atoms with Crippen molar-refractivity contribution in [1.82, 2.24) is 9.80 Å². The zero-order valence-electron chi connectivity index (χ0n) is 15.1. The first kappa shape index (κ1) is 18.1. The fourth-order valence-corrected chi connectivity index (χ4v) is 4.13. The predicted octanol–water partition coefficient (Wildman–Crippen LogP) is 4.07.